The second-order valence-corrected chi connectivity index (χ2v) is 6.02. The van der Waals surface area contributed by atoms with Crippen LogP contribution >= 0.6 is 15.9 Å². The van der Waals surface area contributed by atoms with Gasteiger partial charge in [-0.15, -0.1) is 0 Å². The van der Waals surface area contributed by atoms with Crippen LogP contribution in [0, 0.1) is 5.92 Å². The van der Waals surface area contributed by atoms with Crippen molar-refractivity contribution in [3.8, 4) is 11.5 Å². The normalized spacial score (nSPS) is 17.4. The fraction of sp³-hybridized carbons (Fsp3) is 0.625. The summed E-state index contributed by atoms with van der Waals surface area (Å²) in [5.41, 5.74) is 1.10. The fourth-order valence-corrected chi connectivity index (χ4v) is 3.47. The first-order valence-electron chi connectivity index (χ1n) is 7.37. The summed E-state index contributed by atoms with van der Waals surface area (Å²) in [6, 6.07) is 4.12. The first kappa shape index (κ1) is 16.6. The van der Waals surface area contributed by atoms with Gasteiger partial charge in [0.05, 0.1) is 26.4 Å². The summed E-state index contributed by atoms with van der Waals surface area (Å²) >= 11 is 3.57. The molecule has 0 spiro atoms. The molecule has 0 amide bonds. The number of hydrogen-bond acceptors (Lipinski definition) is 4. The zero-order chi connectivity index (χ0) is 15.4. The molecule has 2 rings (SSSR count). The van der Waals surface area contributed by atoms with Crippen molar-refractivity contribution in [3.05, 3.63) is 22.2 Å². The molecule has 0 heterocycles. The van der Waals surface area contributed by atoms with Gasteiger partial charge in [0, 0.05) is 12.2 Å². The fourth-order valence-electron chi connectivity index (χ4n) is 2.78. The number of rotatable bonds is 8. The van der Waals surface area contributed by atoms with Crippen LogP contribution < -0.4 is 14.8 Å². The Morgan fingerprint density at radius 1 is 1.29 bits per heavy atom. The van der Waals surface area contributed by atoms with E-state index in [1.807, 2.05) is 20.0 Å². The van der Waals surface area contributed by atoms with Gasteiger partial charge in [-0.25, -0.2) is 0 Å². The zero-order valence-corrected chi connectivity index (χ0v) is 14.7. The van der Waals surface area contributed by atoms with Gasteiger partial charge in [-0.1, -0.05) is 0 Å². The Morgan fingerprint density at radius 2 is 2.00 bits per heavy atom. The Bertz CT molecular complexity index is 477. The molecule has 1 saturated carbocycles. The summed E-state index contributed by atoms with van der Waals surface area (Å²) in [7, 11) is 5.31. The molecule has 2 unspecified atom stereocenters. The minimum absolute atomic E-state index is 0.106. The quantitative estimate of drug-likeness (QED) is 0.772. The van der Waals surface area contributed by atoms with Crippen LogP contribution in [0.25, 0.3) is 0 Å². The number of benzene rings is 1. The molecule has 5 heteroatoms. The Morgan fingerprint density at radius 3 is 2.48 bits per heavy atom. The monoisotopic (exact) mass is 357 g/mol. The molecule has 0 aromatic heterocycles. The molecule has 0 saturated heterocycles. The topological polar surface area (TPSA) is 39.7 Å². The number of hydrogen-bond donors (Lipinski definition) is 1. The third-order valence-corrected chi connectivity index (χ3v) is 4.69. The minimum Gasteiger partial charge on any atom is -0.495 e. The maximum atomic E-state index is 6.00. The van der Waals surface area contributed by atoms with Crippen LogP contribution in [0.1, 0.15) is 31.4 Å². The number of nitrogens with one attached hydrogen (secondary N) is 1. The van der Waals surface area contributed by atoms with Crippen LogP contribution in [0.5, 0.6) is 11.5 Å². The van der Waals surface area contributed by atoms with Crippen LogP contribution in [0.2, 0.25) is 0 Å². The number of halogens is 1. The van der Waals surface area contributed by atoms with Gasteiger partial charge >= 0.3 is 0 Å². The summed E-state index contributed by atoms with van der Waals surface area (Å²) in [6.45, 7) is 2.77. The van der Waals surface area contributed by atoms with Crippen LogP contribution in [0.3, 0.4) is 0 Å². The Hall–Kier alpha value is -0.780. The van der Waals surface area contributed by atoms with Crippen molar-refractivity contribution < 1.29 is 14.2 Å². The van der Waals surface area contributed by atoms with Crippen LogP contribution in [0.15, 0.2) is 16.6 Å². The molecular weight excluding hydrogens is 334 g/mol. The maximum Gasteiger partial charge on any atom is 0.141 e. The van der Waals surface area contributed by atoms with Crippen molar-refractivity contribution in [1.82, 2.24) is 5.32 Å². The van der Waals surface area contributed by atoms with Gasteiger partial charge in [0.2, 0.25) is 0 Å². The van der Waals surface area contributed by atoms with Crippen molar-refractivity contribution in [1.29, 1.82) is 0 Å². The molecule has 1 fully saturated rings. The first-order valence-corrected chi connectivity index (χ1v) is 8.16. The van der Waals surface area contributed by atoms with Gasteiger partial charge in [0.1, 0.15) is 16.0 Å². The average molecular weight is 358 g/mol. The average Bonchev–Trinajstić information content (AvgIpc) is 3.32. The van der Waals surface area contributed by atoms with E-state index in [1.54, 1.807) is 14.2 Å². The Labute approximate surface area is 135 Å². The van der Waals surface area contributed by atoms with E-state index in [4.69, 9.17) is 14.2 Å². The van der Waals surface area contributed by atoms with E-state index in [0.717, 1.165) is 28.1 Å². The third-order valence-electron chi connectivity index (χ3n) is 3.94. The van der Waals surface area contributed by atoms with Crippen molar-refractivity contribution in [2.75, 3.05) is 27.9 Å². The second-order valence-electron chi connectivity index (χ2n) is 5.23. The van der Waals surface area contributed by atoms with Crippen molar-refractivity contribution in [2.24, 2.45) is 5.92 Å². The molecule has 1 aromatic rings. The molecule has 4 nitrogen and oxygen atoms in total. The van der Waals surface area contributed by atoms with E-state index in [-0.39, 0.29) is 12.1 Å². The van der Waals surface area contributed by atoms with Crippen LogP contribution in [-0.4, -0.2) is 34.0 Å². The molecule has 118 valence electrons. The lowest BCUT2D eigenvalue weighted by Crippen LogP contribution is -2.33. The summed E-state index contributed by atoms with van der Waals surface area (Å²) in [4.78, 5) is 0. The number of ether oxygens (including phenoxy) is 3. The molecule has 1 aliphatic rings. The van der Waals surface area contributed by atoms with E-state index < -0.39 is 0 Å². The highest BCUT2D eigenvalue weighted by molar-refractivity contribution is 9.10. The minimum atomic E-state index is 0.106. The highest BCUT2D eigenvalue weighted by atomic mass is 79.9. The standard InChI is InChI=1S/C16H24BrNO3/c1-5-21-15(10-6-7-10)14(18-2)11-8-9-12(19-3)13(17)16(11)20-4/h8-10,14-15,18H,5-7H2,1-4H3. The van der Waals surface area contributed by atoms with E-state index >= 15 is 0 Å². The lowest BCUT2D eigenvalue weighted by Gasteiger charge is -2.29. The number of likely N-dealkylation sites (N-methyl/N-ethyl adjacent to an activating group) is 1. The van der Waals surface area contributed by atoms with Gasteiger partial charge in [-0.05, 0) is 60.8 Å². The maximum absolute atomic E-state index is 6.00. The smallest absolute Gasteiger partial charge is 0.141 e. The summed E-state index contributed by atoms with van der Waals surface area (Å²) in [5.74, 6) is 2.21. The van der Waals surface area contributed by atoms with Gasteiger partial charge < -0.3 is 19.5 Å². The van der Waals surface area contributed by atoms with Gasteiger partial charge in [0.25, 0.3) is 0 Å². The second kappa shape index (κ2) is 7.47. The first-order chi connectivity index (χ1) is 10.2. The molecule has 2 atom stereocenters. The summed E-state index contributed by atoms with van der Waals surface area (Å²) < 4.78 is 17.8. The lowest BCUT2D eigenvalue weighted by atomic mass is 9.97. The zero-order valence-electron chi connectivity index (χ0n) is 13.1. The predicted molar refractivity (Wildman–Crippen MR) is 87.2 cm³/mol. The van der Waals surface area contributed by atoms with Gasteiger partial charge in [-0.2, -0.15) is 0 Å². The molecule has 1 aromatic carbocycles. The third kappa shape index (κ3) is 3.52. The van der Waals surface area contributed by atoms with E-state index in [1.165, 1.54) is 12.8 Å². The lowest BCUT2D eigenvalue weighted by molar-refractivity contribution is 0.0199. The summed E-state index contributed by atoms with van der Waals surface area (Å²) in [6.07, 6.45) is 2.65. The van der Waals surface area contributed by atoms with E-state index in [9.17, 15) is 0 Å². The van der Waals surface area contributed by atoms with Gasteiger partial charge in [0.15, 0.2) is 0 Å². The van der Waals surface area contributed by atoms with Crippen LogP contribution in [0.4, 0.5) is 0 Å². The molecule has 0 bridgehead atoms. The van der Waals surface area contributed by atoms with Crippen LogP contribution in [-0.2, 0) is 4.74 Å². The molecule has 0 aliphatic heterocycles. The summed E-state index contributed by atoms with van der Waals surface area (Å²) in [5, 5.41) is 3.40. The molecule has 1 aliphatic carbocycles. The predicted octanol–water partition coefficient (Wildman–Crippen LogP) is 3.54. The van der Waals surface area contributed by atoms with Crippen molar-refractivity contribution >= 4 is 15.9 Å². The molecule has 0 radical (unpaired) electrons. The molecule has 21 heavy (non-hydrogen) atoms. The molecular formula is C16H24BrNO3. The number of methoxy groups -OCH3 is 2. The van der Waals surface area contributed by atoms with Crippen molar-refractivity contribution in [2.45, 2.75) is 31.9 Å². The highest BCUT2D eigenvalue weighted by Gasteiger charge is 2.38. The Balaban J connectivity index is 2.38. The highest BCUT2D eigenvalue weighted by Crippen LogP contribution is 2.45. The van der Waals surface area contributed by atoms with Gasteiger partial charge in [-0.3, -0.25) is 0 Å². The van der Waals surface area contributed by atoms with E-state index in [2.05, 4.69) is 27.3 Å². The van der Waals surface area contributed by atoms with E-state index in [0.29, 0.717) is 5.92 Å². The molecule has 1 N–H and O–H groups in total. The Kier molecular flexibility index (Phi) is 5.90. The SMILES string of the molecule is CCOC(C1CC1)C(NC)c1ccc(OC)c(Br)c1OC. The van der Waals surface area contributed by atoms with Crippen molar-refractivity contribution in [3.63, 3.8) is 0 Å². The largest absolute Gasteiger partial charge is 0.495 e.